The van der Waals surface area contributed by atoms with Crippen LogP contribution in [-0.4, -0.2) is 35.6 Å². The Balaban J connectivity index is 2.06. The standard InChI is InChI=1S/C16H17FN2O2/c1-21-11-15(20)19-10-9-18-8-4-7-14(18)16(19)12-5-2-3-6-13(12)17/h2-8,16H,9-11H2,1H3. The number of fused-ring (bicyclic) bond motifs is 1. The number of hydrogen-bond acceptors (Lipinski definition) is 2. The predicted octanol–water partition coefficient (Wildman–Crippen LogP) is 2.21. The van der Waals surface area contributed by atoms with Crippen molar-refractivity contribution in [1.29, 1.82) is 0 Å². The van der Waals surface area contributed by atoms with Crippen LogP contribution in [-0.2, 0) is 16.1 Å². The molecule has 3 rings (SSSR count). The van der Waals surface area contributed by atoms with Gasteiger partial charge in [0.25, 0.3) is 0 Å². The van der Waals surface area contributed by atoms with Crippen LogP contribution in [0.25, 0.3) is 0 Å². The molecule has 110 valence electrons. The number of benzene rings is 1. The van der Waals surface area contributed by atoms with Crippen LogP contribution in [0.1, 0.15) is 17.3 Å². The maximum absolute atomic E-state index is 14.2. The van der Waals surface area contributed by atoms with E-state index >= 15 is 0 Å². The Bertz CT molecular complexity index is 653. The summed E-state index contributed by atoms with van der Waals surface area (Å²) in [5, 5.41) is 0. The van der Waals surface area contributed by atoms with Crippen molar-refractivity contribution in [2.45, 2.75) is 12.6 Å². The van der Waals surface area contributed by atoms with Crippen LogP contribution >= 0.6 is 0 Å². The normalized spacial score (nSPS) is 17.6. The highest BCUT2D eigenvalue weighted by Crippen LogP contribution is 2.33. The minimum absolute atomic E-state index is 0.00562. The second-order valence-electron chi connectivity index (χ2n) is 5.07. The lowest BCUT2D eigenvalue weighted by Crippen LogP contribution is -2.44. The summed E-state index contributed by atoms with van der Waals surface area (Å²) in [4.78, 5) is 14.0. The quantitative estimate of drug-likeness (QED) is 0.868. The van der Waals surface area contributed by atoms with Crippen molar-refractivity contribution in [3.05, 3.63) is 59.7 Å². The van der Waals surface area contributed by atoms with Gasteiger partial charge in [0.05, 0.1) is 0 Å². The fraction of sp³-hybridized carbons (Fsp3) is 0.312. The number of amides is 1. The van der Waals surface area contributed by atoms with E-state index in [1.807, 2.05) is 18.3 Å². The second kappa shape index (κ2) is 5.69. The molecule has 0 spiro atoms. The van der Waals surface area contributed by atoms with Crippen LogP contribution in [0.4, 0.5) is 4.39 Å². The Labute approximate surface area is 122 Å². The summed E-state index contributed by atoms with van der Waals surface area (Å²) >= 11 is 0. The van der Waals surface area contributed by atoms with Gasteiger partial charge in [-0.3, -0.25) is 4.79 Å². The van der Waals surface area contributed by atoms with Gasteiger partial charge in [-0.25, -0.2) is 4.39 Å². The number of carbonyl (C=O) groups is 1. The lowest BCUT2D eigenvalue weighted by Gasteiger charge is -2.37. The Morgan fingerprint density at radius 1 is 1.29 bits per heavy atom. The molecule has 21 heavy (non-hydrogen) atoms. The zero-order chi connectivity index (χ0) is 14.8. The number of carbonyl (C=O) groups excluding carboxylic acids is 1. The number of halogens is 1. The van der Waals surface area contributed by atoms with E-state index in [0.717, 1.165) is 5.69 Å². The number of rotatable bonds is 3. The van der Waals surface area contributed by atoms with Crippen molar-refractivity contribution in [2.75, 3.05) is 20.3 Å². The Morgan fingerprint density at radius 2 is 2.10 bits per heavy atom. The molecular weight excluding hydrogens is 271 g/mol. The highest BCUT2D eigenvalue weighted by Gasteiger charge is 2.33. The van der Waals surface area contributed by atoms with Crippen LogP contribution in [0.15, 0.2) is 42.6 Å². The molecule has 1 aliphatic heterocycles. The molecule has 2 aromatic rings. The first-order chi connectivity index (χ1) is 10.2. The molecule has 0 bridgehead atoms. The van der Waals surface area contributed by atoms with E-state index in [2.05, 4.69) is 4.57 Å². The Morgan fingerprint density at radius 3 is 2.86 bits per heavy atom. The minimum atomic E-state index is -0.405. The van der Waals surface area contributed by atoms with Gasteiger partial charge in [-0.2, -0.15) is 0 Å². The van der Waals surface area contributed by atoms with Crippen molar-refractivity contribution < 1.29 is 13.9 Å². The van der Waals surface area contributed by atoms with E-state index in [0.29, 0.717) is 18.7 Å². The lowest BCUT2D eigenvalue weighted by molar-refractivity contribution is -0.137. The van der Waals surface area contributed by atoms with Gasteiger partial charge in [-0.1, -0.05) is 18.2 Å². The summed E-state index contributed by atoms with van der Waals surface area (Å²) in [7, 11) is 1.49. The van der Waals surface area contributed by atoms with Crippen LogP contribution in [0, 0.1) is 5.82 Å². The molecule has 1 unspecified atom stereocenters. The fourth-order valence-corrected chi connectivity index (χ4v) is 2.88. The third-order valence-electron chi connectivity index (χ3n) is 3.83. The first-order valence-electron chi connectivity index (χ1n) is 6.90. The third kappa shape index (κ3) is 2.45. The number of nitrogens with zero attached hydrogens (tertiary/aromatic N) is 2. The summed E-state index contributed by atoms with van der Waals surface area (Å²) in [6.07, 6.45) is 1.96. The van der Waals surface area contributed by atoms with Crippen LogP contribution in [0.3, 0.4) is 0 Å². The second-order valence-corrected chi connectivity index (χ2v) is 5.07. The van der Waals surface area contributed by atoms with Crippen molar-refractivity contribution in [1.82, 2.24) is 9.47 Å². The molecule has 0 N–H and O–H groups in total. The maximum atomic E-state index is 14.2. The molecule has 0 saturated carbocycles. The van der Waals surface area contributed by atoms with Gasteiger partial charge in [-0.05, 0) is 18.2 Å². The Hall–Kier alpha value is -2.14. The number of methoxy groups -OCH3 is 1. The highest BCUT2D eigenvalue weighted by atomic mass is 19.1. The van der Waals surface area contributed by atoms with E-state index in [-0.39, 0.29) is 18.3 Å². The monoisotopic (exact) mass is 288 g/mol. The summed E-state index contributed by atoms with van der Waals surface area (Å²) < 4.78 is 21.2. The first kappa shape index (κ1) is 13.8. The van der Waals surface area contributed by atoms with Gasteiger partial charge in [0.2, 0.25) is 5.91 Å². The molecule has 2 heterocycles. The van der Waals surface area contributed by atoms with Crippen molar-refractivity contribution in [3.8, 4) is 0 Å². The van der Waals surface area contributed by atoms with Crippen molar-refractivity contribution in [3.63, 3.8) is 0 Å². The smallest absolute Gasteiger partial charge is 0.249 e. The molecule has 1 aromatic heterocycles. The van der Waals surface area contributed by atoms with Gasteiger partial charge < -0.3 is 14.2 Å². The molecule has 5 heteroatoms. The van der Waals surface area contributed by atoms with Gasteiger partial charge >= 0.3 is 0 Å². The fourth-order valence-electron chi connectivity index (χ4n) is 2.88. The molecule has 0 fully saturated rings. The van der Waals surface area contributed by atoms with Gasteiger partial charge in [-0.15, -0.1) is 0 Å². The van der Waals surface area contributed by atoms with Gasteiger partial charge in [0.1, 0.15) is 18.5 Å². The number of hydrogen-bond donors (Lipinski definition) is 0. The van der Waals surface area contributed by atoms with Gasteiger partial charge in [0.15, 0.2) is 0 Å². The molecule has 1 aliphatic rings. The third-order valence-corrected chi connectivity index (χ3v) is 3.83. The molecule has 0 saturated heterocycles. The Kier molecular flexibility index (Phi) is 3.75. The van der Waals surface area contributed by atoms with Crippen molar-refractivity contribution >= 4 is 5.91 Å². The highest BCUT2D eigenvalue weighted by molar-refractivity contribution is 5.78. The van der Waals surface area contributed by atoms with E-state index in [1.54, 1.807) is 23.1 Å². The summed E-state index contributed by atoms with van der Waals surface area (Å²) in [6.45, 7) is 1.26. The average Bonchev–Trinajstić information content (AvgIpc) is 2.95. The minimum Gasteiger partial charge on any atom is -0.375 e. The van der Waals surface area contributed by atoms with Gasteiger partial charge in [0, 0.05) is 37.7 Å². The molecule has 1 atom stereocenters. The largest absolute Gasteiger partial charge is 0.375 e. The summed E-state index contributed by atoms with van der Waals surface area (Å²) in [6, 6.07) is 10.1. The zero-order valence-electron chi connectivity index (χ0n) is 11.8. The maximum Gasteiger partial charge on any atom is 0.249 e. The summed E-state index contributed by atoms with van der Waals surface area (Å²) in [5.41, 5.74) is 1.44. The summed E-state index contributed by atoms with van der Waals surface area (Å²) in [5.74, 6) is -0.425. The van der Waals surface area contributed by atoms with E-state index < -0.39 is 6.04 Å². The van der Waals surface area contributed by atoms with Crippen molar-refractivity contribution in [2.24, 2.45) is 0 Å². The molecular formula is C16H17FN2O2. The average molecular weight is 288 g/mol. The lowest BCUT2D eigenvalue weighted by atomic mass is 9.99. The molecule has 1 aromatic carbocycles. The topological polar surface area (TPSA) is 34.5 Å². The molecule has 0 aliphatic carbocycles. The predicted molar refractivity (Wildman–Crippen MR) is 76.3 cm³/mol. The van der Waals surface area contributed by atoms with E-state index in [1.165, 1.54) is 13.2 Å². The van der Waals surface area contributed by atoms with Crippen LogP contribution in [0.5, 0.6) is 0 Å². The zero-order valence-corrected chi connectivity index (χ0v) is 11.8. The number of ether oxygens (including phenoxy) is 1. The van der Waals surface area contributed by atoms with Crippen LogP contribution in [0.2, 0.25) is 0 Å². The SMILES string of the molecule is COCC(=O)N1CCn2cccc2C1c1ccccc1F. The molecule has 0 radical (unpaired) electrons. The van der Waals surface area contributed by atoms with Crippen LogP contribution < -0.4 is 0 Å². The van der Waals surface area contributed by atoms with E-state index in [4.69, 9.17) is 4.74 Å². The molecule has 1 amide bonds. The number of aromatic nitrogens is 1. The first-order valence-corrected chi connectivity index (χ1v) is 6.90. The molecule has 4 nitrogen and oxygen atoms in total. The van der Waals surface area contributed by atoms with E-state index in [9.17, 15) is 9.18 Å².